The van der Waals surface area contributed by atoms with Crippen LogP contribution in [0.1, 0.15) is 406 Å². The van der Waals surface area contributed by atoms with Crippen LogP contribution in [-0.2, 0) is 28.6 Å². The lowest BCUT2D eigenvalue weighted by molar-refractivity contribution is -0.167. The van der Waals surface area contributed by atoms with Crippen LogP contribution < -0.4 is 0 Å². The Kier molecular flexibility index (Phi) is 65.1. The molecule has 0 spiro atoms. The van der Waals surface area contributed by atoms with E-state index in [1.807, 2.05) is 0 Å². The number of carbonyl (C=O) groups excluding carboxylic acids is 3. The van der Waals surface area contributed by atoms with Crippen LogP contribution in [0.15, 0.2) is 12.2 Å². The van der Waals surface area contributed by atoms with E-state index in [1.165, 1.54) is 308 Å². The second-order valence-electron chi connectivity index (χ2n) is 24.2. The maximum atomic E-state index is 12.9. The predicted octanol–water partition coefficient (Wildman–Crippen LogP) is 24.0. The highest BCUT2D eigenvalue weighted by atomic mass is 16.6. The Morgan fingerprint density at radius 2 is 0.429 bits per heavy atom. The van der Waals surface area contributed by atoms with Gasteiger partial charge in [0.15, 0.2) is 6.10 Å². The number of carbonyl (C=O) groups is 3. The number of ether oxygens (including phenoxy) is 3. The van der Waals surface area contributed by atoms with Crippen molar-refractivity contribution in [3.8, 4) is 0 Å². The second kappa shape index (κ2) is 66.7. The van der Waals surface area contributed by atoms with Crippen molar-refractivity contribution in [2.75, 3.05) is 13.2 Å². The molecule has 77 heavy (non-hydrogen) atoms. The van der Waals surface area contributed by atoms with Gasteiger partial charge in [-0.1, -0.05) is 354 Å². The van der Waals surface area contributed by atoms with E-state index < -0.39 is 6.10 Å². The number of hydrogen-bond donors (Lipinski definition) is 0. The van der Waals surface area contributed by atoms with E-state index in [0.29, 0.717) is 19.3 Å². The third kappa shape index (κ3) is 64.9. The van der Waals surface area contributed by atoms with Crippen molar-refractivity contribution in [3.63, 3.8) is 0 Å². The van der Waals surface area contributed by atoms with Gasteiger partial charge in [-0.2, -0.15) is 0 Å². The molecule has 0 saturated heterocycles. The van der Waals surface area contributed by atoms with Gasteiger partial charge in [0.2, 0.25) is 0 Å². The second-order valence-corrected chi connectivity index (χ2v) is 24.2. The van der Waals surface area contributed by atoms with Gasteiger partial charge in [0.25, 0.3) is 0 Å². The van der Waals surface area contributed by atoms with Crippen molar-refractivity contribution in [2.45, 2.75) is 412 Å². The standard InChI is InChI=1S/C71H136O6/c1-4-7-10-13-16-18-20-22-24-26-28-30-32-33-34-35-36-37-39-40-42-44-46-48-50-52-55-58-61-64-70(73)76-67-68(66-75-69(72)63-60-57-54-15-12-9-6-3)77-71(74)65-62-59-56-53-51-49-47-45-43-41-38-31-29-27-25-23-21-19-17-14-11-8-5-2/h27,29,68H,4-26,28,30-67H2,1-3H3/b29-27-. The van der Waals surface area contributed by atoms with E-state index in [4.69, 9.17) is 14.2 Å². The van der Waals surface area contributed by atoms with Crippen LogP contribution in [0.25, 0.3) is 0 Å². The van der Waals surface area contributed by atoms with Gasteiger partial charge in [-0.3, -0.25) is 14.4 Å². The molecule has 0 aliphatic rings. The number of rotatable bonds is 66. The van der Waals surface area contributed by atoms with E-state index in [-0.39, 0.29) is 31.1 Å². The highest BCUT2D eigenvalue weighted by Crippen LogP contribution is 2.19. The molecule has 0 aromatic carbocycles. The molecule has 6 heteroatoms. The molecule has 1 unspecified atom stereocenters. The Hall–Kier alpha value is -1.85. The van der Waals surface area contributed by atoms with Crippen molar-refractivity contribution in [3.05, 3.63) is 12.2 Å². The Morgan fingerprint density at radius 1 is 0.247 bits per heavy atom. The van der Waals surface area contributed by atoms with E-state index in [2.05, 4.69) is 32.9 Å². The average Bonchev–Trinajstić information content (AvgIpc) is 3.43. The molecule has 0 aliphatic heterocycles. The Morgan fingerprint density at radius 3 is 0.649 bits per heavy atom. The summed E-state index contributed by atoms with van der Waals surface area (Å²) >= 11 is 0. The van der Waals surface area contributed by atoms with Crippen LogP contribution in [0.4, 0.5) is 0 Å². The topological polar surface area (TPSA) is 78.9 Å². The van der Waals surface area contributed by atoms with E-state index in [1.54, 1.807) is 0 Å². The summed E-state index contributed by atoms with van der Waals surface area (Å²) in [6.45, 7) is 6.68. The summed E-state index contributed by atoms with van der Waals surface area (Å²) in [5.41, 5.74) is 0. The van der Waals surface area contributed by atoms with Gasteiger partial charge < -0.3 is 14.2 Å². The quantitative estimate of drug-likeness (QED) is 0.0261. The Labute approximate surface area is 481 Å². The molecule has 0 N–H and O–H groups in total. The largest absolute Gasteiger partial charge is 0.462 e. The lowest BCUT2D eigenvalue weighted by atomic mass is 10.0. The average molecular weight is 1090 g/mol. The molecule has 0 radical (unpaired) electrons. The summed E-state index contributed by atoms with van der Waals surface area (Å²) in [4.78, 5) is 38.2. The highest BCUT2D eigenvalue weighted by molar-refractivity contribution is 5.71. The lowest BCUT2D eigenvalue weighted by Crippen LogP contribution is -2.30. The Bertz CT molecular complexity index is 1200. The monoisotopic (exact) mass is 1090 g/mol. The zero-order chi connectivity index (χ0) is 55.7. The molecule has 0 aromatic heterocycles. The zero-order valence-corrected chi connectivity index (χ0v) is 52.5. The number of esters is 3. The van der Waals surface area contributed by atoms with Crippen molar-refractivity contribution in [1.29, 1.82) is 0 Å². The van der Waals surface area contributed by atoms with E-state index in [9.17, 15) is 14.4 Å². The fourth-order valence-corrected chi connectivity index (χ4v) is 11.0. The van der Waals surface area contributed by atoms with Gasteiger partial charge in [-0.25, -0.2) is 0 Å². The molecule has 0 fully saturated rings. The highest BCUT2D eigenvalue weighted by Gasteiger charge is 2.19. The van der Waals surface area contributed by atoms with Crippen LogP contribution in [0.5, 0.6) is 0 Å². The summed E-state index contributed by atoms with van der Waals surface area (Å²) in [6.07, 6.45) is 80.0. The maximum Gasteiger partial charge on any atom is 0.306 e. The fraction of sp³-hybridized carbons (Fsp3) is 0.930. The molecule has 456 valence electrons. The minimum absolute atomic E-state index is 0.0642. The minimum Gasteiger partial charge on any atom is -0.462 e. The lowest BCUT2D eigenvalue weighted by Gasteiger charge is -2.18. The third-order valence-electron chi connectivity index (χ3n) is 16.3. The van der Waals surface area contributed by atoms with Crippen molar-refractivity contribution >= 4 is 17.9 Å². The van der Waals surface area contributed by atoms with E-state index in [0.717, 1.165) is 57.8 Å². The summed E-state index contributed by atoms with van der Waals surface area (Å²) in [5.74, 6) is -0.842. The number of hydrogen-bond acceptors (Lipinski definition) is 6. The van der Waals surface area contributed by atoms with Gasteiger partial charge in [0, 0.05) is 19.3 Å². The van der Waals surface area contributed by atoms with Crippen LogP contribution >= 0.6 is 0 Å². The van der Waals surface area contributed by atoms with Gasteiger partial charge in [0.05, 0.1) is 0 Å². The first-order valence-corrected chi connectivity index (χ1v) is 35.2. The molecule has 0 heterocycles. The van der Waals surface area contributed by atoms with Gasteiger partial charge in [-0.05, 0) is 44.9 Å². The first kappa shape index (κ1) is 75.2. The van der Waals surface area contributed by atoms with Crippen LogP contribution in [0.2, 0.25) is 0 Å². The molecular weight excluding hydrogens is 949 g/mol. The zero-order valence-electron chi connectivity index (χ0n) is 52.5. The van der Waals surface area contributed by atoms with Crippen LogP contribution in [0.3, 0.4) is 0 Å². The SMILES string of the molecule is CCCCCCCCCC/C=C\CCCCCCCCCCCCCC(=O)OC(COC(=O)CCCCCCCCC)COC(=O)CCCCCCCCCCCCCCCCCCCCCCCCCCCCCCC. The molecule has 6 nitrogen and oxygen atoms in total. The molecule has 0 amide bonds. The first-order chi connectivity index (χ1) is 38.0. The van der Waals surface area contributed by atoms with Crippen molar-refractivity contribution in [2.24, 2.45) is 0 Å². The molecular formula is C71H136O6. The molecule has 1 atom stereocenters. The molecule has 0 aromatic rings. The molecule has 0 rings (SSSR count). The van der Waals surface area contributed by atoms with Gasteiger partial charge in [0.1, 0.15) is 13.2 Å². The summed E-state index contributed by atoms with van der Waals surface area (Å²) < 4.78 is 16.9. The molecule has 0 bridgehead atoms. The molecule has 0 saturated carbocycles. The van der Waals surface area contributed by atoms with Gasteiger partial charge in [-0.15, -0.1) is 0 Å². The smallest absolute Gasteiger partial charge is 0.306 e. The third-order valence-corrected chi connectivity index (χ3v) is 16.3. The Balaban J connectivity index is 3.99. The maximum absolute atomic E-state index is 12.9. The summed E-state index contributed by atoms with van der Waals surface area (Å²) in [6, 6.07) is 0. The molecule has 0 aliphatic carbocycles. The first-order valence-electron chi connectivity index (χ1n) is 35.2. The summed E-state index contributed by atoms with van der Waals surface area (Å²) in [7, 11) is 0. The van der Waals surface area contributed by atoms with Crippen molar-refractivity contribution < 1.29 is 28.6 Å². The fourth-order valence-electron chi connectivity index (χ4n) is 11.0. The van der Waals surface area contributed by atoms with Crippen LogP contribution in [0, 0.1) is 0 Å². The predicted molar refractivity (Wildman–Crippen MR) is 335 cm³/mol. The van der Waals surface area contributed by atoms with Gasteiger partial charge >= 0.3 is 17.9 Å². The minimum atomic E-state index is -0.765. The van der Waals surface area contributed by atoms with E-state index >= 15 is 0 Å². The number of unbranched alkanes of at least 4 members (excludes halogenated alkanes) is 53. The van der Waals surface area contributed by atoms with Crippen LogP contribution in [-0.4, -0.2) is 37.2 Å². The summed E-state index contributed by atoms with van der Waals surface area (Å²) in [5, 5.41) is 0. The van der Waals surface area contributed by atoms with Crippen molar-refractivity contribution in [1.82, 2.24) is 0 Å². The number of allylic oxidation sites excluding steroid dienone is 2. The normalized spacial score (nSPS) is 12.0.